The molecule has 4 aromatic rings. The van der Waals surface area contributed by atoms with E-state index >= 15 is 0 Å². The van der Waals surface area contributed by atoms with Crippen LogP contribution in [0.1, 0.15) is 0 Å². The Labute approximate surface area is 113 Å². The minimum absolute atomic E-state index is 0.693. The summed E-state index contributed by atoms with van der Waals surface area (Å²) in [6, 6.07) is 13.6. The van der Waals surface area contributed by atoms with Crippen LogP contribution in [0.5, 0.6) is 0 Å². The zero-order chi connectivity index (χ0) is 12.8. The molecule has 0 amide bonds. The van der Waals surface area contributed by atoms with Gasteiger partial charge >= 0.3 is 0 Å². The number of para-hydroxylation sites is 1. The van der Waals surface area contributed by atoms with Gasteiger partial charge in [0.25, 0.3) is 0 Å². The summed E-state index contributed by atoms with van der Waals surface area (Å²) in [6.07, 6.45) is 1.69. The lowest BCUT2D eigenvalue weighted by Gasteiger charge is -1.97. The molecule has 0 atom stereocenters. The number of aromatic amines is 1. The molecule has 0 aliphatic rings. The average molecular weight is 269 g/mol. The van der Waals surface area contributed by atoms with E-state index in [4.69, 9.17) is 16.0 Å². The highest BCUT2D eigenvalue weighted by Crippen LogP contribution is 2.29. The lowest BCUT2D eigenvalue weighted by atomic mass is 10.1. The predicted octanol–water partition coefficient (Wildman–Crippen LogP) is 4.63. The Bertz CT molecular complexity index is 891. The molecule has 0 fully saturated rings. The summed E-state index contributed by atoms with van der Waals surface area (Å²) in [5.74, 6) is 0.790. The van der Waals surface area contributed by atoms with E-state index in [2.05, 4.69) is 9.97 Å². The Morgan fingerprint density at radius 2 is 2.05 bits per heavy atom. The Morgan fingerprint density at radius 3 is 3.00 bits per heavy atom. The zero-order valence-electron chi connectivity index (χ0n) is 9.85. The van der Waals surface area contributed by atoms with Gasteiger partial charge in [0.05, 0.1) is 22.9 Å². The third-order valence-corrected chi connectivity index (χ3v) is 3.41. The maximum atomic E-state index is 5.99. The van der Waals surface area contributed by atoms with Crippen molar-refractivity contribution in [2.45, 2.75) is 0 Å². The van der Waals surface area contributed by atoms with Gasteiger partial charge in [-0.05, 0) is 30.3 Å². The van der Waals surface area contributed by atoms with Crippen LogP contribution >= 0.6 is 11.6 Å². The van der Waals surface area contributed by atoms with Gasteiger partial charge in [0, 0.05) is 10.4 Å². The fourth-order valence-corrected chi connectivity index (χ4v) is 2.46. The molecule has 4 rings (SSSR count). The maximum absolute atomic E-state index is 5.99. The number of furan rings is 1. The van der Waals surface area contributed by atoms with Gasteiger partial charge in [-0.25, -0.2) is 4.98 Å². The molecule has 2 aromatic heterocycles. The van der Waals surface area contributed by atoms with Crippen molar-refractivity contribution in [1.82, 2.24) is 9.97 Å². The summed E-state index contributed by atoms with van der Waals surface area (Å²) in [4.78, 5) is 7.86. The first-order chi connectivity index (χ1) is 9.31. The van der Waals surface area contributed by atoms with Crippen molar-refractivity contribution in [3.8, 4) is 11.4 Å². The van der Waals surface area contributed by atoms with E-state index in [9.17, 15) is 0 Å². The molecule has 0 aliphatic carbocycles. The molecular formula is C15H9ClN2O. The summed E-state index contributed by atoms with van der Waals surface area (Å²) in [5, 5.41) is 1.76. The van der Waals surface area contributed by atoms with Crippen molar-refractivity contribution >= 4 is 33.6 Å². The SMILES string of the molecule is Clc1ccc2nc(-c3cccc4ccoc34)[nH]c2c1. The number of hydrogen-bond acceptors (Lipinski definition) is 2. The predicted molar refractivity (Wildman–Crippen MR) is 76.3 cm³/mol. The first-order valence-electron chi connectivity index (χ1n) is 5.93. The minimum atomic E-state index is 0.693. The fourth-order valence-electron chi connectivity index (χ4n) is 2.29. The number of benzene rings is 2. The Morgan fingerprint density at radius 1 is 1.11 bits per heavy atom. The Kier molecular flexibility index (Phi) is 2.17. The van der Waals surface area contributed by atoms with Gasteiger partial charge in [0.1, 0.15) is 11.4 Å². The number of nitrogens with zero attached hydrogens (tertiary/aromatic N) is 1. The number of H-pyrrole nitrogens is 1. The van der Waals surface area contributed by atoms with Gasteiger partial charge in [-0.1, -0.05) is 23.7 Å². The van der Waals surface area contributed by atoms with Gasteiger partial charge in [0.15, 0.2) is 0 Å². The lowest BCUT2D eigenvalue weighted by Crippen LogP contribution is -1.80. The normalized spacial score (nSPS) is 11.4. The van der Waals surface area contributed by atoms with E-state index in [0.29, 0.717) is 5.02 Å². The molecular weight excluding hydrogens is 260 g/mol. The lowest BCUT2D eigenvalue weighted by molar-refractivity contribution is 0.616. The van der Waals surface area contributed by atoms with Gasteiger partial charge in [-0.3, -0.25) is 0 Å². The number of halogens is 1. The second-order valence-corrected chi connectivity index (χ2v) is 4.83. The van der Waals surface area contributed by atoms with Crippen molar-refractivity contribution < 1.29 is 4.42 Å². The van der Waals surface area contributed by atoms with Crippen LogP contribution in [0.25, 0.3) is 33.4 Å². The first-order valence-corrected chi connectivity index (χ1v) is 6.31. The molecule has 0 radical (unpaired) electrons. The van der Waals surface area contributed by atoms with Crippen molar-refractivity contribution in [2.75, 3.05) is 0 Å². The second-order valence-electron chi connectivity index (χ2n) is 4.39. The number of nitrogens with one attached hydrogen (secondary N) is 1. The standard InChI is InChI=1S/C15H9ClN2O/c16-10-4-5-12-13(8-10)18-15(17-12)11-3-1-2-9-6-7-19-14(9)11/h1-8H,(H,17,18). The second kappa shape index (κ2) is 3.87. The summed E-state index contributed by atoms with van der Waals surface area (Å²) < 4.78 is 5.54. The zero-order valence-corrected chi connectivity index (χ0v) is 10.6. The number of rotatable bonds is 1. The van der Waals surface area contributed by atoms with E-state index in [-0.39, 0.29) is 0 Å². The summed E-state index contributed by atoms with van der Waals surface area (Å²) in [6.45, 7) is 0. The quantitative estimate of drug-likeness (QED) is 0.547. The number of aromatic nitrogens is 2. The molecule has 92 valence electrons. The van der Waals surface area contributed by atoms with E-state index in [0.717, 1.165) is 33.4 Å². The highest BCUT2D eigenvalue weighted by Gasteiger charge is 2.10. The molecule has 0 aliphatic heterocycles. The Balaban J connectivity index is 2.01. The molecule has 0 bridgehead atoms. The summed E-state index contributed by atoms with van der Waals surface area (Å²) in [5.41, 5.74) is 3.61. The van der Waals surface area contributed by atoms with E-state index in [1.54, 1.807) is 6.26 Å². The third-order valence-electron chi connectivity index (χ3n) is 3.18. The van der Waals surface area contributed by atoms with Crippen LogP contribution in [0.3, 0.4) is 0 Å². The van der Waals surface area contributed by atoms with Crippen LogP contribution in [0.2, 0.25) is 5.02 Å². The summed E-state index contributed by atoms with van der Waals surface area (Å²) >= 11 is 5.99. The number of imidazole rings is 1. The molecule has 0 saturated heterocycles. The largest absolute Gasteiger partial charge is 0.464 e. The van der Waals surface area contributed by atoms with Crippen molar-refractivity contribution in [3.63, 3.8) is 0 Å². The van der Waals surface area contributed by atoms with Gasteiger partial charge in [-0.2, -0.15) is 0 Å². The topological polar surface area (TPSA) is 41.8 Å². The molecule has 0 unspecified atom stereocenters. The molecule has 19 heavy (non-hydrogen) atoms. The highest BCUT2D eigenvalue weighted by molar-refractivity contribution is 6.31. The molecule has 0 spiro atoms. The van der Waals surface area contributed by atoms with Crippen molar-refractivity contribution in [1.29, 1.82) is 0 Å². The number of hydrogen-bond donors (Lipinski definition) is 1. The van der Waals surface area contributed by atoms with E-state index in [1.165, 1.54) is 0 Å². The van der Waals surface area contributed by atoms with Crippen LogP contribution in [0.15, 0.2) is 53.1 Å². The Hall–Kier alpha value is -2.26. The van der Waals surface area contributed by atoms with Gasteiger partial charge in [-0.15, -0.1) is 0 Å². The van der Waals surface area contributed by atoms with Crippen LogP contribution in [0, 0.1) is 0 Å². The molecule has 2 aromatic carbocycles. The molecule has 0 saturated carbocycles. The van der Waals surface area contributed by atoms with Crippen LogP contribution in [-0.4, -0.2) is 9.97 Å². The molecule has 1 N–H and O–H groups in total. The molecule has 4 heteroatoms. The van der Waals surface area contributed by atoms with Gasteiger partial charge in [0.2, 0.25) is 0 Å². The summed E-state index contributed by atoms with van der Waals surface area (Å²) in [7, 11) is 0. The average Bonchev–Trinajstić information content (AvgIpc) is 3.03. The minimum Gasteiger partial charge on any atom is -0.464 e. The molecule has 3 nitrogen and oxygen atoms in total. The molecule has 2 heterocycles. The highest BCUT2D eigenvalue weighted by atomic mass is 35.5. The first kappa shape index (κ1) is 10.6. The third kappa shape index (κ3) is 1.63. The van der Waals surface area contributed by atoms with Crippen LogP contribution < -0.4 is 0 Å². The van der Waals surface area contributed by atoms with E-state index < -0.39 is 0 Å². The van der Waals surface area contributed by atoms with Crippen molar-refractivity contribution in [3.05, 3.63) is 53.8 Å². The van der Waals surface area contributed by atoms with Crippen LogP contribution in [-0.2, 0) is 0 Å². The van der Waals surface area contributed by atoms with E-state index in [1.807, 2.05) is 42.5 Å². The van der Waals surface area contributed by atoms with Gasteiger partial charge < -0.3 is 9.40 Å². The van der Waals surface area contributed by atoms with Crippen molar-refractivity contribution in [2.24, 2.45) is 0 Å². The smallest absolute Gasteiger partial charge is 0.144 e. The fraction of sp³-hybridized carbons (Fsp3) is 0. The maximum Gasteiger partial charge on any atom is 0.144 e. The monoisotopic (exact) mass is 268 g/mol. The van der Waals surface area contributed by atoms with Crippen LogP contribution in [0.4, 0.5) is 0 Å². The number of fused-ring (bicyclic) bond motifs is 2.